The number of aromatic carboxylic acids is 1. The van der Waals surface area contributed by atoms with Crippen LogP contribution in [0.1, 0.15) is 10.4 Å². The van der Waals surface area contributed by atoms with Gasteiger partial charge in [0.15, 0.2) is 0 Å². The van der Waals surface area contributed by atoms with E-state index in [2.05, 4.69) is 0 Å². The van der Waals surface area contributed by atoms with Gasteiger partial charge in [-0.2, -0.15) is 0 Å². The van der Waals surface area contributed by atoms with Crippen molar-refractivity contribution in [1.29, 1.82) is 0 Å². The molecule has 0 unspecified atom stereocenters. The lowest BCUT2D eigenvalue weighted by molar-refractivity contribution is -0.386. The zero-order valence-electron chi connectivity index (χ0n) is 12.7. The monoisotopic (exact) mass is 388 g/mol. The van der Waals surface area contributed by atoms with Crippen LogP contribution in [0.5, 0.6) is 11.5 Å². The molecular weight excluding hydrogens is 375 g/mol. The van der Waals surface area contributed by atoms with Crippen LogP contribution in [0.15, 0.2) is 36.4 Å². The van der Waals surface area contributed by atoms with Crippen LogP contribution in [0.25, 0.3) is 0 Å². The van der Waals surface area contributed by atoms with E-state index in [1.54, 1.807) is 0 Å². The molecule has 10 heteroatoms. The average Bonchev–Trinajstić information content (AvgIpc) is 2.57. The van der Waals surface area contributed by atoms with Crippen molar-refractivity contribution in [2.45, 2.75) is 0 Å². The Morgan fingerprint density at radius 2 is 1.88 bits per heavy atom. The number of nitro benzene ring substituents is 1. The van der Waals surface area contributed by atoms with E-state index in [-0.39, 0.29) is 23.1 Å². The number of aliphatic hydroxyl groups excluding tert-OH is 1. The molecule has 134 valence electrons. The molecule has 4 N–H and O–H groups in total. The lowest BCUT2D eigenvalue weighted by atomic mass is 10.1. The van der Waals surface area contributed by atoms with E-state index in [9.17, 15) is 14.9 Å². The molecule has 0 aliphatic heterocycles. The van der Waals surface area contributed by atoms with Gasteiger partial charge in [0.2, 0.25) is 5.75 Å². The minimum Gasteiger partial charge on any atom is -0.477 e. The van der Waals surface area contributed by atoms with E-state index < -0.39 is 22.1 Å². The molecule has 0 saturated carbocycles. The summed E-state index contributed by atoms with van der Waals surface area (Å²) in [6, 6.07) is 8.09. The highest BCUT2D eigenvalue weighted by molar-refractivity contribution is 6.35. The molecule has 0 aromatic heterocycles. The molecule has 0 radical (unpaired) electrons. The van der Waals surface area contributed by atoms with Crippen LogP contribution in [-0.4, -0.2) is 34.3 Å². The number of nitro groups is 1. The summed E-state index contributed by atoms with van der Waals surface area (Å²) in [6.07, 6.45) is 0. The number of para-hydroxylation sites is 1. The van der Waals surface area contributed by atoms with E-state index in [1.165, 1.54) is 30.3 Å². The molecule has 25 heavy (non-hydrogen) atoms. The molecule has 0 spiro atoms. The van der Waals surface area contributed by atoms with Gasteiger partial charge in [0.25, 0.3) is 0 Å². The predicted molar refractivity (Wildman–Crippen MR) is 92.7 cm³/mol. The van der Waals surface area contributed by atoms with Crippen LogP contribution < -0.4 is 10.5 Å². The Morgan fingerprint density at radius 1 is 1.24 bits per heavy atom. The minimum atomic E-state index is -1.42. The third-order valence-corrected chi connectivity index (χ3v) is 3.19. The molecule has 0 aliphatic rings. The van der Waals surface area contributed by atoms with Gasteiger partial charge in [0.05, 0.1) is 16.6 Å². The third-order valence-electron chi connectivity index (χ3n) is 2.65. The first-order chi connectivity index (χ1) is 11.8. The molecule has 0 amide bonds. The van der Waals surface area contributed by atoms with Crippen LogP contribution >= 0.6 is 23.2 Å². The highest BCUT2D eigenvalue weighted by atomic mass is 35.5. The normalized spacial score (nSPS) is 9.76. The van der Waals surface area contributed by atoms with Crippen molar-refractivity contribution in [3.05, 3.63) is 62.1 Å². The lowest BCUT2D eigenvalue weighted by Gasteiger charge is -2.09. The Morgan fingerprint density at radius 3 is 2.36 bits per heavy atom. The van der Waals surface area contributed by atoms with E-state index in [4.69, 9.17) is 43.9 Å². The smallest absolute Gasteiger partial charge is 0.342 e. The second kappa shape index (κ2) is 9.80. The summed E-state index contributed by atoms with van der Waals surface area (Å²) in [5.41, 5.74) is 3.67. The zero-order chi connectivity index (χ0) is 19.0. The van der Waals surface area contributed by atoms with Crippen molar-refractivity contribution in [3.63, 3.8) is 0 Å². The number of hydrogen-bond donors (Lipinski definition) is 3. The fourth-order valence-corrected chi connectivity index (χ4v) is 2.09. The SMILES string of the molecule is NCCO.O=C(O)c1cccc(Oc2ccc(Cl)cc2Cl)c1[N+](=O)[O-]. The summed E-state index contributed by atoms with van der Waals surface area (Å²) in [5.74, 6) is -1.51. The van der Waals surface area contributed by atoms with Gasteiger partial charge < -0.3 is 20.7 Å². The maximum absolute atomic E-state index is 11.1. The van der Waals surface area contributed by atoms with Crippen molar-refractivity contribution < 1.29 is 24.7 Å². The van der Waals surface area contributed by atoms with Gasteiger partial charge in [0, 0.05) is 11.6 Å². The average molecular weight is 389 g/mol. The molecule has 0 heterocycles. The van der Waals surface area contributed by atoms with E-state index in [1.807, 2.05) is 0 Å². The van der Waals surface area contributed by atoms with Crippen LogP contribution in [0.2, 0.25) is 10.0 Å². The number of ether oxygens (including phenoxy) is 1. The maximum atomic E-state index is 11.1. The number of nitrogens with zero attached hydrogens (tertiary/aromatic N) is 1. The predicted octanol–water partition coefficient (Wildman–Crippen LogP) is 3.33. The summed E-state index contributed by atoms with van der Waals surface area (Å²) in [7, 11) is 0. The number of carboxylic acids is 1. The summed E-state index contributed by atoms with van der Waals surface area (Å²) in [6.45, 7) is 0.472. The number of rotatable bonds is 5. The molecule has 2 rings (SSSR count). The summed E-state index contributed by atoms with van der Waals surface area (Å²) in [4.78, 5) is 21.3. The van der Waals surface area contributed by atoms with Crippen LogP contribution in [0.3, 0.4) is 0 Å². The van der Waals surface area contributed by atoms with Crippen molar-refractivity contribution in [2.75, 3.05) is 13.2 Å². The van der Waals surface area contributed by atoms with Gasteiger partial charge in [-0.1, -0.05) is 29.3 Å². The van der Waals surface area contributed by atoms with Gasteiger partial charge in [-0.05, 0) is 30.3 Å². The molecule has 2 aromatic carbocycles. The van der Waals surface area contributed by atoms with Gasteiger partial charge >= 0.3 is 11.7 Å². The summed E-state index contributed by atoms with van der Waals surface area (Å²) >= 11 is 11.7. The number of carboxylic acid groups (broad SMARTS) is 1. The van der Waals surface area contributed by atoms with Crippen molar-refractivity contribution in [2.24, 2.45) is 5.73 Å². The Labute approximate surface area is 152 Å². The highest BCUT2D eigenvalue weighted by Gasteiger charge is 2.26. The Balaban J connectivity index is 0.000000705. The highest BCUT2D eigenvalue weighted by Crippen LogP contribution is 2.37. The number of carbonyl (C=O) groups is 1. The number of aliphatic hydroxyl groups is 1. The van der Waals surface area contributed by atoms with Crippen molar-refractivity contribution in [1.82, 2.24) is 0 Å². The van der Waals surface area contributed by atoms with Crippen molar-refractivity contribution >= 4 is 34.9 Å². The van der Waals surface area contributed by atoms with E-state index in [0.717, 1.165) is 6.07 Å². The Hall–Kier alpha value is -2.39. The second-order valence-corrected chi connectivity index (χ2v) is 5.25. The first-order valence-electron chi connectivity index (χ1n) is 6.76. The number of halogens is 2. The first-order valence-corrected chi connectivity index (χ1v) is 7.52. The third kappa shape index (κ3) is 5.87. The minimum absolute atomic E-state index is 0.0972. The fraction of sp³-hybridized carbons (Fsp3) is 0.133. The van der Waals surface area contributed by atoms with Crippen molar-refractivity contribution in [3.8, 4) is 11.5 Å². The van der Waals surface area contributed by atoms with Gasteiger partial charge in [-0.25, -0.2) is 4.79 Å². The number of nitrogens with two attached hydrogens (primary N) is 1. The topological polar surface area (TPSA) is 136 Å². The van der Waals surface area contributed by atoms with Crippen LogP contribution in [0, 0.1) is 10.1 Å². The molecule has 0 atom stereocenters. The van der Waals surface area contributed by atoms with Gasteiger partial charge in [-0.3, -0.25) is 10.1 Å². The van der Waals surface area contributed by atoms with E-state index >= 15 is 0 Å². The molecule has 0 aliphatic carbocycles. The number of benzene rings is 2. The molecular formula is C15H14Cl2N2O6. The number of hydrogen-bond acceptors (Lipinski definition) is 6. The zero-order valence-corrected chi connectivity index (χ0v) is 14.2. The lowest BCUT2D eigenvalue weighted by Crippen LogP contribution is -2.04. The quantitative estimate of drug-likeness (QED) is 0.527. The summed E-state index contributed by atoms with van der Waals surface area (Å²) < 4.78 is 5.35. The van der Waals surface area contributed by atoms with Gasteiger partial charge in [-0.15, -0.1) is 0 Å². The second-order valence-electron chi connectivity index (χ2n) is 4.40. The summed E-state index contributed by atoms with van der Waals surface area (Å²) in [5, 5.41) is 28.4. The van der Waals surface area contributed by atoms with E-state index in [0.29, 0.717) is 11.6 Å². The van der Waals surface area contributed by atoms with Gasteiger partial charge in [0.1, 0.15) is 11.3 Å². The molecule has 8 nitrogen and oxygen atoms in total. The molecule has 0 saturated heterocycles. The standard InChI is InChI=1S/C13H7Cl2NO5.C2H7NO/c14-7-4-5-10(9(15)6-7)21-11-3-1-2-8(13(17)18)12(11)16(19)20;3-1-2-4/h1-6H,(H,17,18);4H,1-3H2. The molecule has 2 aromatic rings. The molecule has 0 bridgehead atoms. The first kappa shape index (κ1) is 20.7. The Kier molecular flexibility index (Phi) is 8.09. The molecule has 0 fully saturated rings. The maximum Gasteiger partial charge on any atom is 0.342 e. The Bertz CT molecular complexity index is 768. The largest absolute Gasteiger partial charge is 0.477 e. The van der Waals surface area contributed by atoms with Crippen LogP contribution in [0.4, 0.5) is 5.69 Å². The van der Waals surface area contributed by atoms with Crippen LogP contribution in [-0.2, 0) is 0 Å². The fourth-order valence-electron chi connectivity index (χ4n) is 1.64.